The summed E-state index contributed by atoms with van der Waals surface area (Å²) in [5.41, 5.74) is 0. The summed E-state index contributed by atoms with van der Waals surface area (Å²) in [7, 11) is 0. The van der Waals surface area contributed by atoms with E-state index in [9.17, 15) is 0 Å². The fourth-order valence-corrected chi connectivity index (χ4v) is 0.684. The Bertz CT molecular complexity index is 184. The first-order valence-electron chi connectivity index (χ1n) is 3.82. The molecule has 2 rings (SSSR count). The molecule has 0 bridgehead atoms. The summed E-state index contributed by atoms with van der Waals surface area (Å²) in [5, 5.41) is 0. The number of hydrogen-bond acceptors (Lipinski definition) is 0. The molecule has 0 aliphatic heterocycles. The van der Waals surface area contributed by atoms with Crippen molar-refractivity contribution in [3.05, 3.63) is 72.8 Å². The zero-order valence-corrected chi connectivity index (χ0v) is 13.6. The second-order valence-electron chi connectivity index (χ2n) is 2.15. The van der Waals surface area contributed by atoms with Crippen molar-refractivity contribution in [2.45, 2.75) is 0 Å². The maximum Gasteiger partial charge on any atom is 0 e. The van der Waals surface area contributed by atoms with E-state index in [0.29, 0.717) is 0 Å². The number of rotatable bonds is 0. The van der Waals surface area contributed by atoms with E-state index >= 15 is 0 Å². The van der Waals surface area contributed by atoms with E-state index < -0.39 is 0 Å². The summed E-state index contributed by atoms with van der Waals surface area (Å²) in [6, 6.07) is 25.0. The van der Waals surface area contributed by atoms with Crippen molar-refractivity contribution in [1.29, 1.82) is 0 Å². The molecule has 0 aliphatic rings. The number of benzene rings is 2. The molecule has 2 aromatic rings. The average Bonchev–Trinajstić information content (AvgIpc) is 2.24. The van der Waals surface area contributed by atoms with Gasteiger partial charge in [-0.25, -0.2) is 0 Å². The van der Waals surface area contributed by atoms with Gasteiger partial charge in [0.2, 0.25) is 0 Å². The SMILES string of the molecule is [Y].[Y].[c-]1ccccc1.[c-]1ccccc1. The van der Waals surface area contributed by atoms with E-state index in [1.54, 1.807) is 0 Å². The Kier molecular flexibility index (Phi) is 16.6. The van der Waals surface area contributed by atoms with Gasteiger partial charge in [0.15, 0.2) is 0 Å². The Morgan fingerprint density at radius 2 is 0.714 bits per heavy atom. The Hall–Kier alpha value is 0.648. The average molecular weight is 332 g/mol. The molecule has 0 saturated carbocycles. The first kappa shape index (κ1) is 17.1. The predicted molar refractivity (Wildman–Crippen MR) is 50.6 cm³/mol. The summed E-state index contributed by atoms with van der Waals surface area (Å²) in [4.78, 5) is 0. The van der Waals surface area contributed by atoms with Crippen LogP contribution >= 0.6 is 0 Å². The second kappa shape index (κ2) is 13.6. The van der Waals surface area contributed by atoms with Crippen LogP contribution in [0.2, 0.25) is 0 Å². The smallest absolute Gasteiger partial charge is 0 e. The van der Waals surface area contributed by atoms with Gasteiger partial charge in [-0.15, -0.1) is 0 Å². The topological polar surface area (TPSA) is 0 Å². The van der Waals surface area contributed by atoms with Crippen LogP contribution in [-0.4, -0.2) is 0 Å². The van der Waals surface area contributed by atoms with Gasteiger partial charge in [0.05, 0.1) is 0 Å². The van der Waals surface area contributed by atoms with Crippen LogP contribution < -0.4 is 0 Å². The molecule has 2 aromatic carbocycles. The van der Waals surface area contributed by atoms with Crippen LogP contribution in [0.25, 0.3) is 0 Å². The zero-order chi connectivity index (χ0) is 8.49. The molecular formula is C12H10Y2-2. The molecule has 0 saturated heterocycles. The monoisotopic (exact) mass is 332 g/mol. The van der Waals surface area contributed by atoms with Gasteiger partial charge < -0.3 is 0 Å². The molecular weight excluding hydrogens is 322 g/mol. The van der Waals surface area contributed by atoms with Crippen molar-refractivity contribution in [2.24, 2.45) is 0 Å². The van der Waals surface area contributed by atoms with Crippen molar-refractivity contribution in [3.63, 3.8) is 0 Å². The minimum Gasteiger partial charge on any atom is -0.184 e. The van der Waals surface area contributed by atoms with Crippen molar-refractivity contribution in [3.8, 4) is 0 Å². The van der Waals surface area contributed by atoms with E-state index in [1.807, 2.05) is 60.7 Å². The van der Waals surface area contributed by atoms with E-state index in [4.69, 9.17) is 0 Å². The van der Waals surface area contributed by atoms with E-state index in [0.717, 1.165) is 0 Å². The normalized spacial score (nSPS) is 6.86. The maximum atomic E-state index is 2.89. The van der Waals surface area contributed by atoms with E-state index in [2.05, 4.69) is 12.1 Å². The van der Waals surface area contributed by atoms with Gasteiger partial charge in [-0.1, -0.05) is 0 Å². The molecule has 0 aromatic heterocycles. The second-order valence-corrected chi connectivity index (χ2v) is 2.15. The van der Waals surface area contributed by atoms with Crippen molar-refractivity contribution in [1.82, 2.24) is 0 Å². The largest absolute Gasteiger partial charge is 0.184 e. The molecule has 2 radical (unpaired) electrons. The molecule has 2 heteroatoms. The molecule has 0 nitrogen and oxygen atoms in total. The summed E-state index contributed by atoms with van der Waals surface area (Å²) in [6.45, 7) is 0. The van der Waals surface area contributed by atoms with E-state index in [-0.39, 0.29) is 65.4 Å². The fraction of sp³-hybridized carbons (Fsp3) is 0. The molecule has 0 spiro atoms. The maximum absolute atomic E-state index is 2.89. The first-order chi connectivity index (χ1) is 6.00. The van der Waals surface area contributed by atoms with Gasteiger partial charge >= 0.3 is 0 Å². The third-order valence-electron chi connectivity index (χ3n) is 1.21. The van der Waals surface area contributed by atoms with Gasteiger partial charge in [0.1, 0.15) is 0 Å². The fourth-order valence-electron chi connectivity index (χ4n) is 0.684. The van der Waals surface area contributed by atoms with Gasteiger partial charge in [-0.05, 0) is 0 Å². The van der Waals surface area contributed by atoms with Crippen LogP contribution in [0.15, 0.2) is 60.7 Å². The Morgan fingerprint density at radius 3 is 0.786 bits per heavy atom. The molecule has 0 amide bonds. The molecule has 66 valence electrons. The van der Waals surface area contributed by atoms with Crippen LogP contribution in [0, 0.1) is 12.1 Å². The summed E-state index contributed by atoms with van der Waals surface area (Å²) < 4.78 is 0. The Morgan fingerprint density at radius 1 is 0.429 bits per heavy atom. The summed E-state index contributed by atoms with van der Waals surface area (Å²) in [6.07, 6.45) is 0. The predicted octanol–water partition coefficient (Wildman–Crippen LogP) is 2.97. The van der Waals surface area contributed by atoms with Crippen LogP contribution in [0.3, 0.4) is 0 Å². The summed E-state index contributed by atoms with van der Waals surface area (Å²) >= 11 is 0. The molecule has 0 heterocycles. The molecule has 0 atom stereocenters. The van der Waals surface area contributed by atoms with Gasteiger partial charge in [0, 0.05) is 65.4 Å². The molecule has 0 unspecified atom stereocenters. The van der Waals surface area contributed by atoms with Crippen LogP contribution in [0.1, 0.15) is 0 Å². The van der Waals surface area contributed by atoms with Crippen molar-refractivity contribution in [2.75, 3.05) is 0 Å². The van der Waals surface area contributed by atoms with Crippen LogP contribution in [-0.2, 0) is 65.4 Å². The summed E-state index contributed by atoms with van der Waals surface area (Å²) in [5.74, 6) is 0. The Labute approximate surface area is 136 Å². The van der Waals surface area contributed by atoms with Crippen molar-refractivity contribution >= 4 is 0 Å². The first-order valence-corrected chi connectivity index (χ1v) is 3.82. The van der Waals surface area contributed by atoms with E-state index in [1.165, 1.54) is 0 Å². The minimum absolute atomic E-state index is 0. The molecule has 0 N–H and O–H groups in total. The minimum atomic E-state index is 0. The third kappa shape index (κ3) is 10.7. The van der Waals surface area contributed by atoms with Gasteiger partial charge in [-0.2, -0.15) is 72.8 Å². The quantitative estimate of drug-likeness (QED) is 0.651. The molecule has 14 heavy (non-hydrogen) atoms. The number of hydrogen-bond donors (Lipinski definition) is 0. The Balaban J connectivity index is 0. The molecule has 0 aliphatic carbocycles. The molecule has 0 fully saturated rings. The van der Waals surface area contributed by atoms with Crippen LogP contribution in [0.4, 0.5) is 0 Å². The third-order valence-corrected chi connectivity index (χ3v) is 1.21. The van der Waals surface area contributed by atoms with Crippen molar-refractivity contribution < 1.29 is 65.4 Å². The standard InChI is InChI=1S/2C6H5.2Y/c2*1-2-4-6-5-3-1;;/h2*1-5H;;/q2*-1;;. The van der Waals surface area contributed by atoms with Gasteiger partial charge in [-0.3, -0.25) is 0 Å². The van der Waals surface area contributed by atoms with Gasteiger partial charge in [0.25, 0.3) is 0 Å². The zero-order valence-electron chi connectivity index (χ0n) is 7.93. The van der Waals surface area contributed by atoms with Crippen LogP contribution in [0.5, 0.6) is 0 Å².